The SMILES string of the molecule is CN(C)CC(=O)N1CCN(C(=O)CCNc2ccc(C(F)(F)F)cc2[N+](=O)[O-])CC1. The average Bonchev–Trinajstić information content (AvgIpc) is 2.66. The van der Waals surface area contributed by atoms with Crippen LogP contribution in [0.2, 0.25) is 0 Å². The molecule has 12 heteroatoms. The Hall–Kier alpha value is -2.89. The zero-order valence-corrected chi connectivity index (χ0v) is 16.7. The Labute approximate surface area is 171 Å². The molecule has 0 radical (unpaired) electrons. The van der Waals surface area contributed by atoms with Crippen LogP contribution in [0.15, 0.2) is 18.2 Å². The van der Waals surface area contributed by atoms with Crippen molar-refractivity contribution in [3.63, 3.8) is 0 Å². The lowest BCUT2D eigenvalue weighted by atomic mass is 10.1. The summed E-state index contributed by atoms with van der Waals surface area (Å²) < 4.78 is 38.2. The first-order chi connectivity index (χ1) is 14.0. The van der Waals surface area contributed by atoms with Gasteiger partial charge in [0.2, 0.25) is 11.8 Å². The lowest BCUT2D eigenvalue weighted by molar-refractivity contribution is -0.384. The molecule has 9 nitrogen and oxygen atoms in total. The monoisotopic (exact) mass is 431 g/mol. The quantitative estimate of drug-likeness (QED) is 0.521. The van der Waals surface area contributed by atoms with Gasteiger partial charge in [-0.2, -0.15) is 13.2 Å². The van der Waals surface area contributed by atoms with Crippen molar-refractivity contribution < 1.29 is 27.7 Å². The smallest absolute Gasteiger partial charge is 0.379 e. The van der Waals surface area contributed by atoms with E-state index in [1.54, 1.807) is 28.8 Å². The van der Waals surface area contributed by atoms with E-state index in [4.69, 9.17) is 0 Å². The van der Waals surface area contributed by atoms with E-state index in [0.29, 0.717) is 38.8 Å². The molecule has 1 fully saturated rings. The molecule has 0 atom stereocenters. The Morgan fingerprint density at radius 2 is 1.70 bits per heavy atom. The Balaban J connectivity index is 1.87. The maximum atomic E-state index is 12.7. The van der Waals surface area contributed by atoms with E-state index >= 15 is 0 Å². The summed E-state index contributed by atoms with van der Waals surface area (Å²) in [6.07, 6.45) is -4.67. The van der Waals surface area contributed by atoms with E-state index in [1.807, 2.05) is 0 Å². The van der Waals surface area contributed by atoms with E-state index in [1.165, 1.54) is 0 Å². The number of nitrogens with one attached hydrogen (secondary N) is 1. The third-order valence-electron chi connectivity index (χ3n) is 4.61. The van der Waals surface area contributed by atoms with Gasteiger partial charge in [0.05, 0.1) is 17.0 Å². The highest BCUT2D eigenvalue weighted by atomic mass is 19.4. The summed E-state index contributed by atoms with van der Waals surface area (Å²) in [4.78, 5) is 39.6. The van der Waals surface area contributed by atoms with E-state index in [-0.39, 0.29) is 30.5 Å². The van der Waals surface area contributed by atoms with Gasteiger partial charge in [-0.15, -0.1) is 0 Å². The van der Waals surface area contributed by atoms with Gasteiger partial charge in [-0.1, -0.05) is 0 Å². The van der Waals surface area contributed by atoms with Crippen LogP contribution in [0.25, 0.3) is 0 Å². The first kappa shape index (κ1) is 23.4. The molecular weight excluding hydrogens is 407 g/mol. The Kier molecular flexibility index (Phi) is 7.59. The van der Waals surface area contributed by atoms with Crippen molar-refractivity contribution in [2.75, 3.05) is 58.7 Å². The topological polar surface area (TPSA) is 99.0 Å². The number of hydrogen-bond donors (Lipinski definition) is 1. The fourth-order valence-electron chi connectivity index (χ4n) is 3.05. The average molecular weight is 431 g/mol. The molecule has 0 aliphatic carbocycles. The second kappa shape index (κ2) is 9.74. The maximum Gasteiger partial charge on any atom is 0.416 e. The van der Waals surface area contributed by atoms with E-state index in [9.17, 15) is 32.9 Å². The number of nitro groups is 1. The summed E-state index contributed by atoms with van der Waals surface area (Å²) in [7, 11) is 3.59. The minimum absolute atomic E-state index is 0.0108. The van der Waals surface area contributed by atoms with Gasteiger partial charge in [-0.3, -0.25) is 19.7 Å². The number of halogens is 3. The highest BCUT2D eigenvalue weighted by molar-refractivity contribution is 5.80. The molecule has 0 aromatic heterocycles. The molecule has 1 aromatic carbocycles. The molecule has 1 aliphatic heterocycles. The number of benzene rings is 1. The summed E-state index contributed by atoms with van der Waals surface area (Å²) in [6, 6.07) is 2.20. The summed E-state index contributed by atoms with van der Waals surface area (Å²) >= 11 is 0. The van der Waals surface area contributed by atoms with Crippen LogP contribution in [0, 0.1) is 10.1 Å². The Morgan fingerprint density at radius 1 is 1.13 bits per heavy atom. The lowest BCUT2D eigenvalue weighted by Gasteiger charge is -2.35. The zero-order chi connectivity index (χ0) is 22.5. The number of rotatable bonds is 7. The molecule has 1 saturated heterocycles. The van der Waals surface area contributed by atoms with Crippen LogP contribution in [-0.2, 0) is 15.8 Å². The van der Waals surface area contributed by atoms with Gasteiger partial charge in [-0.05, 0) is 26.2 Å². The van der Waals surface area contributed by atoms with Gasteiger partial charge >= 0.3 is 6.18 Å². The van der Waals surface area contributed by atoms with Crippen LogP contribution in [0.1, 0.15) is 12.0 Å². The third-order valence-corrected chi connectivity index (χ3v) is 4.61. The number of carbonyl (C=O) groups is 2. The second-order valence-corrected chi connectivity index (χ2v) is 7.16. The van der Waals surface area contributed by atoms with E-state index in [2.05, 4.69) is 5.32 Å². The molecule has 0 unspecified atom stereocenters. The molecule has 1 aromatic rings. The Bertz CT molecular complexity index is 793. The predicted octanol–water partition coefficient (Wildman–Crippen LogP) is 1.65. The standard InChI is InChI=1S/C18H24F3N5O4/c1-23(2)12-17(28)25-9-7-24(8-10-25)16(27)5-6-22-14-4-3-13(18(19,20)21)11-15(14)26(29)30/h3-4,11,22H,5-10,12H2,1-2H3. The summed E-state index contributed by atoms with van der Waals surface area (Å²) in [6.45, 7) is 1.96. The molecule has 1 aliphatic rings. The van der Waals surface area contributed by atoms with Crippen molar-refractivity contribution in [1.82, 2.24) is 14.7 Å². The predicted molar refractivity (Wildman–Crippen MR) is 103 cm³/mol. The number of amides is 2. The van der Waals surface area contributed by atoms with Crippen LogP contribution in [0.4, 0.5) is 24.5 Å². The first-order valence-electron chi connectivity index (χ1n) is 9.29. The van der Waals surface area contributed by atoms with Crippen molar-refractivity contribution in [1.29, 1.82) is 0 Å². The second-order valence-electron chi connectivity index (χ2n) is 7.16. The van der Waals surface area contributed by atoms with Crippen molar-refractivity contribution in [3.8, 4) is 0 Å². The van der Waals surface area contributed by atoms with Gasteiger partial charge in [-0.25, -0.2) is 0 Å². The number of likely N-dealkylation sites (N-methyl/N-ethyl adjacent to an activating group) is 1. The highest BCUT2D eigenvalue weighted by Gasteiger charge is 2.33. The summed E-state index contributed by atoms with van der Waals surface area (Å²) in [5.41, 5.74) is -1.90. The van der Waals surface area contributed by atoms with Crippen molar-refractivity contribution in [2.24, 2.45) is 0 Å². The van der Waals surface area contributed by atoms with Crippen molar-refractivity contribution >= 4 is 23.2 Å². The summed E-state index contributed by atoms with van der Waals surface area (Å²) in [5, 5.41) is 13.8. The number of carbonyl (C=O) groups excluding carboxylic acids is 2. The van der Waals surface area contributed by atoms with Crippen LogP contribution in [-0.4, -0.2) is 84.8 Å². The number of nitrogens with zero attached hydrogens (tertiary/aromatic N) is 4. The van der Waals surface area contributed by atoms with Gasteiger partial charge in [0.1, 0.15) is 5.69 Å². The molecule has 166 valence electrons. The number of alkyl halides is 3. The van der Waals surface area contributed by atoms with Gasteiger partial charge in [0.25, 0.3) is 5.69 Å². The minimum atomic E-state index is -4.69. The first-order valence-corrected chi connectivity index (χ1v) is 9.29. The molecule has 2 rings (SSSR count). The molecule has 0 spiro atoms. The fourth-order valence-corrected chi connectivity index (χ4v) is 3.05. The minimum Gasteiger partial charge on any atom is -0.379 e. The van der Waals surface area contributed by atoms with Gasteiger partial charge in [0, 0.05) is 45.2 Å². The number of nitro benzene ring substituents is 1. The highest BCUT2D eigenvalue weighted by Crippen LogP contribution is 2.34. The fraction of sp³-hybridized carbons (Fsp3) is 0.556. The zero-order valence-electron chi connectivity index (χ0n) is 16.7. The van der Waals surface area contributed by atoms with E-state index < -0.39 is 22.4 Å². The Morgan fingerprint density at radius 3 is 2.20 bits per heavy atom. The van der Waals surface area contributed by atoms with Gasteiger partial charge in [0.15, 0.2) is 0 Å². The van der Waals surface area contributed by atoms with Crippen LogP contribution < -0.4 is 5.32 Å². The normalized spacial score (nSPS) is 14.7. The molecule has 1 heterocycles. The van der Waals surface area contributed by atoms with Crippen LogP contribution in [0.5, 0.6) is 0 Å². The molecular formula is C18H24F3N5O4. The number of anilines is 1. The molecule has 2 amide bonds. The molecule has 30 heavy (non-hydrogen) atoms. The van der Waals surface area contributed by atoms with E-state index in [0.717, 1.165) is 12.1 Å². The van der Waals surface area contributed by atoms with Crippen LogP contribution >= 0.6 is 0 Å². The van der Waals surface area contributed by atoms with Crippen molar-refractivity contribution in [3.05, 3.63) is 33.9 Å². The largest absolute Gasteiger partial charge is 0.416 e. The lowest BCUT2D eigenvalue weighted by Crippen LogP contribution is -2.52. The number of piperazine rings is 1. The van der Waals surface area contributed by atoms with Crippen molar-refractivity contribution in [2.45, 2.75) is 12.6 Å². The molecule has 0 bridgehead atoms. The summed E-state index contributed by atoms with van der Waals surface area (Å²) in [5.74, 6) is -0.208. The van der Waals surface area contributed by atoms with Crippen LogP contribution in [0.3, 0.4) is 0 Å². The maximum absolute atomic E-state index is 12.7. The molecule has 1 N–H and O–H groups in total. The number of hydrogen-bond acceptors (Lipinski definition) is 6. The third kappa shape index (κ3) is 6.31. The van der Waals surface area contributed by atoms with Gasteiger partial charge < -0.3 is 20.0 Å². The molecule has 0 saturated carbocycles.